The molecule has 1 atom stereocenters. The van der Waals surface area contributed by atoms with Crippen molar-refractivity contribution in [2.24, 2.45) is 5.92 Å². The van der Waals surface area contributed by atoms with Gasteiger partial charge in [0.1, 0.15) is 0 Å². The van der Waals surface area contributed by atoms with Crippen molar-refractivity contribution in [3.8, 4) is 0 Å². The lowest BCUT2D eigenvalue weighted by Gasteiger charge is -2.22. The Kier molecular flexibility index (Phi) is 7.49. The molecule has 0 aliphatic rings. The largest absolute Gasteiger partial charge is 0.481 e. The second kappa shape index (κ2) is 8.06. The molecule has 0 bridgehead atoms. The summed E-state index contributed by atoms with van der Waals surface area (Å²) >= 11 is 0. The average molecular weight is 232 g/mol. The van der Waals surface area contributed by atoms with Gasteiger partial charge in [0.15, 0.2) is 0 Å². The quantitative estimate of drug-likeness (QED) is 0.584. The van der Waals surface area contributed by atoms with Gasteiger partial charge in [-0.15, -0.1) is 0 Å². The fraction of sp³-hybridized carbons (Fsp3) is 0.800. The number of carbonyl (C=O) groups excluding carboxylic acids is 1. The highest BCUT2D eigenvalue weighted by Gasteiger charge is 2.17. The summed E-state index contributed by atoms with van der Waals surface area (Å²) in [7, 11) is 3.12. The molecule has 0 aliphatic carbocycles. The minimum Gasteiger partial charge on any atom is -0.481 e. The normalized spacial score (nSPS) is 12.5. The smallest absolute Gasteiger partial charge is 0.307 e. The van der Waals surface area contributed by atoms with E-state index in [1.54, 1.807) is 26.0 Å². The van der Waals surface area contributed by atoms with E-state index in [9.17, 15) is 9.59 Å². The third-order valence-electron chi connectivity index (χ3n) is 2.21. The topological polar surface area (TPSA) is 78.9 Å². The number of aliphatic carboxylic acids is 1. The Balaban J connectivity index is 4.18. The Morgan fingerprint density at radius 3 is 2.56 bits per heavy atom. The van der Waals surface area contributed by atoms with E-state index in [4.69, 9.17) is 9.84 Å². The van der Waals surface area contributed by atoms with E-state index < -0.39 is 11.9 Å². The number of nitrogens with one attached hydrogen (secondary N) is 1. The summed E-state index contributed by atoms with van der Waals surface area (Å²) in [5.41, 5.74) is 0. The third kappa shape index (κ3) is 6.36. The molecule has 0 spiro atoms. The predicted molar refractivity (Wildman–Crippen MR) is 59.2 cm³/mol. The molecule has 0 fully saturated rings. The molecule has 0 heterocycles. The highest BCUT2D eigenvalue weighted by Crippen LogP contribution is 2.00. The maximum Gasteiger partial charge on any atom is 0.307 e. The highest BCUT2D eigenvalue weighted by molar-refractivity contribution is 5.77. The second-order valence-corrected chi connectivity index (χ2v) is 3.64. The van der Waals surface area contributed by atoms with Crippen molar-refractivity contribution in [1.82, 2.24) is 10.2 Å². The number of ether oxygens (including phenoxy) is 1. The van der Waals surface area contributed by atoms with Gasteiger partial charge in [-0.05, 0) is 0 Å². The van der Waals surface area contributed by atoms with Gasteiger partial charge in [0.05, 0.1) is 19.1 Å². The van der Waals surface area contributed by atoms with Crippen molar-refractivity contribution in [2.45, 2.75) is 6.92 Å². The van der Waals surface area contributed by atoms with Gasteiger partial charge in [0.2, 0.25) is 5.91 Å². The Hall–Kier alpha value is -1.14. The fourth-order valence-electron chi connectivity index (χ4n) is 1.20. The van der Waals surface area contributed by atoms with E-state index in [0.717, 1.165) is 0 Å². The number of amides is 1. The first-order valence-electron chi connectivity index (χ1n) is 5.16. The molecule has 0 rings (SSSR count). The van der Waals surface area contributed by atoms with Crippen LogP contribution in [0.4, 0.5) is 0 Å². The van der Waals surface area contributed by atoms with Crippen molar-refractivity contribution >= 4 is 11.9 Å². The average Bonchev–Trinajstić information content (AvgIpc) is 2.25. The zero-order chi connectivity index (χ0) is 12.6. The van der Waals surface area contributed by atoms with E-state index in [-0.39, 0.29) is 12.5 Å². The molecule has 6 nitrogen and oxygen atoms in total. The van der Waals surface area contributed by atoms with E-state index in [0.29, 0.717) is 19.7 Å². The Morgan fingerprint density at radius 2 is 2.12 bits per heavy atom. The SMILES string of the molecule is CNC(=O)CN(CCOC)CC(C)C(=O)O. The number of carboxylic acids is 1. The molecular formula is C10H20N2O4. The molecule has 1 unspecified atom stereocenters. The molecule has 1 amide bonds. The summed E-state index contributed by atoms with van der Waals surface area (Å²) in [6.07, 6.45) is 0. The summed E-state index contributed by atoms with van der Waals surface area (Å²) < 4.78 is 4.91. The molecule has 0 saturated heterocycles. The molecule has 0 saturated carbocycles. The van der Waals surface area contributed by atoms with Crippen molar-refractivity contribution in [2.75, 3.05) is 40.4 Å². The zero-order valence-electron chi connectivity index (χ0n) is 10.0. The summed E-state index contributed by atoms with van der Waals surface area (Å²) in [5.74, 6) is -1.49. The van der Waals surface area contributed by atoms with E-state index in [2.05, 4.69) is 5.32 Å². The van der Waals surface area contributed by atoms with Crippen LogP contribution in [0.2, 0.25) is 0 Å². The van der Waals surface area contributed by atoms with Crippen molar-refractivity contribution in [1.29, 1.82) is 0 Å². The number of rotatable bonds is 8. The first kappa shape index (κ1) is 14.9. The highest BCUT2D eigenvalue weighted by atomic mass is 16.5. The molecule has 2 N–H and O–H groups in total. The fourth-order valence-corrected chi connectivity index (χ4v) is 1.20. The van der Waals surface area contributed by atoms with Gasteiger partial charge in [0, 0.05) is 27.2 Å². The number of carbonyl (C=O) groups is 2. The molecule has 0 aliphatic heterocycles. The molecule has 0 radical (unpaired) electrons. The number of hydrogen-bond donors (Lipinski definition) is 2. The summed E-state index contributed by atoms with van der Waals surface area (Å²) in [4.78, 5) is 23.7. The summed E-state index contributed by atoms with van der Waals surface area (Å²) in [5, 5.41) is 11.3. The van der Waals surface area contributed by atoms with E-state index in [1.807, 2.05) is 0 Å². The standard InChI is InChI=1S/C10H20N2O4/c1-8(10(14)15)6-12(4-5-16-3)7-9(13)11-2/h8H,4-7H2,1-3H3,(H,11,13)(H,14,15). The second-order valence-electron chi connectivity index (χ2n) is 3.64. The van der Waals surface area contributed by atoms with Crippen molar-refractivity contribution in [3.63, 3.8) is 0 Å². The van der Waals surface area contributed by atoms with Gasteiger partial charge in [-0.2, -0.15) is 0 Å². The van der Waals surface area contributed by atoms with Crippen LogP contribution in [0.25, 0.3) is 0 Å². The maximum atomic E-state index is 11.2. The summed E-state index contributed by atoms with van der Waals surface area (Å²) in [6.45, 7) is 3.17. The van der Waals surface area contributed by atoms with Gasteiger partial charge in [0.25, 0.3) is 0 Å². The van der Waals surface area contributed by atoms with E-state index >= 15 is 0 Å². The van der Waals surface area contributed by atoms with Gasteiger partial charge in [-0.25, -0.2) is 0 Å². The van der Waals surface area contributed by atoms with Crippen LogP contribution in [0, 0.1) is 5.92 Å². The van der Waals surface area contributed by atoms with Crippen LogP contribution >= 0.6 is 0 Å². The van der Waals surface area contributed by atoms with Crippen LogP contribution in [0.15, 0.2) is 0 Å². The molecule has 0 aromatic carbocycles. The van der Waals surface area contributed by atoms with Crippen molar-refractivity contribution < 1.29 is 19.4 Å². The van der Waals surface area contributed by atoms with Crippen molar-refractivity contribution in [3.05, 3.63) is 0 Å². The van der Waals surface area contributed by atoms with E-state index in [1.165, 1.54) is 0 Å². The lowest BCUT2D eigenvalue weighted by molar-refractivity contribution is -0.142. The lowest BCUT2D eigenvalue weighted by atomic mass is 10.1. The third-order valence-corrected chi connectivity index (χ3v) is 2.21. The van der Waals surface area contributed by atoms with Gasteiger partial charge < -0.3 is 15.2 Å². The molecule has 16 heavy (non-hydrogen) atoms. The Bertz CT molecular complexity index is 233. The lowest BCUT2D eigenvalue weighted by Crippen LogP contribution is -2.41. The van der Waals surface area contributed by atoms with Gasteiger partial charge >= 0.3 is 5.97 Å². The Labute approximate surface area is 95.6 Å². The molecule has 6 heteroatoms. The number of hydrogen-bond acceptors (Lipinski definition) is 4. The first-order chi connectivity index (χ1) is 7.51. The van der Waals surface area contributed by atoms with Crippen LogP contribution in [-0.4, -0.2) is 62.3 Å². The molecule has 0 aromatic rings. The Morgan fingerprint density at radius 1 is 1.50 bits per heavy atom. The summed E-state index contributed by atoms with van der Waals surface area (Å²) in [6, 6.07) is 0. The van der Waals surface area contributed by atoms with Crippen LogP contribution in [0.1, 0.15) is 6.92 Å². The first-order valence-corrected chi connectivity index (χ1v) is 5.16. The van der Waals surface area contributed by atoms with Crippen LogP contribution < -0.4 is 5.32 Å². The van der Waals surface area contributed by atoms with Gasteiger partial charge in [-0.3, -0.25) is 14.5 Å². The van der Waals surface area contributed by atoms with Crippen LogP contribution in [-0.2, 0) is 14.3 Å². The molecule has 94 valence electrons. The predicted octanol–water partition coefficient (Wildman–Crippen LogP) is -0.598. The number of carboxylic acid groups (broad SMARTS) is 1. The monoisotopic (exact) mass is 232 g/mol. The number of nitrogens with zero attached hydrogens (tertiary/aromatic N) is 1. The molecular weight excluding hydrogens is 212 g/mol. The van der Waals surface area contributed by atoms with Crippen LogP contribution in [0.5, 0.6) is 0 Å². The zero-order valence-corrected chi connectivity index (χ0v) is 10.0. The van der Waals surface area contributed by atoms with Gasteiger partial charge in [-0.1, -0.05) is 6.92 Å². The minimum atomic E-state index is -0.862. The maximum absolute atomic E-state index is 11.2. The minimum absolute atomic E-state index is 0.131. The van der Waals surface area contributed by atoms with Crippen LogP contribution in [0.3, 0.4) is 0 Å². The molecule has 0 aromatic heterocycles. The number of methoxy groups -OCH3 is 1. The number of likely N-dealkylation sites (N-methyl/N-ethyl adjacent to an activating group) is 1.